The Hall–Kier alpha value is -3.81. The molecule has 0 bridgehead atoms. The number of carbonyl (C=O) groups excluding carboxylic acids is 1. The van der Waals surface area contributed by atoms with Gasteiger partial charge in [0.05, 0.1) is 23.3 Å². The Morgan fingerprint density at radius 1 is 0.885 bits per heavy atom. The molecule has 0 aliphatic heterocycles. The zero-order valence-corrected chi connectivity index (χ0v) is 13.9. The molecular weight excluding hydrogens is 330 g/mol. The number of para-hydroxylation sites is 2. The van der Waals surface area contributed by atoms with Crippen molar-refractivity contribution in [3.8, 4) is 11.4 Å². The second-order valence-electron chi connectivity index (χ2n) is 5.61. The van der Waals surface area contributed by atoms with Gasteiger partial charge < -0.3 is 5.32 Å². The normalized spacial score (nSPS) is 10.7. The summed E-state index contributed by atoms with van der Waals surface area (Å²) in [5.74, 6) is -0.0442. The standard InChI is InChI=1S/C18H15N7O/c1-13-17(21-23-25(13)15-10-6-3-7-11-15)18(26)19-16-12-24(22-20-16)14-8-4-2-5-9-14/h2-12H,1H3,(H,19,26). The van der Waals surface area contributed by atoms with Crippen molar-refractivity contribution in [1.29, 1.82) is 0 Å². The van der Waals surface area contributed by atoms with Gasteiger partial charge in [0.15, 0.2) is 11.5 Å². The molecule has 0 fully saturated rings. The molecule has 8 nitrogen and oxygen atoms in total. The molecule has 8 heteroatoms. The maximum absolute atomic E-state index is 12.5. The van der Waals surface area contributed by atoms with Crippen LogP contribution in [0.2, 0.25) is 0 Å². The minimum Gasteiger partial charge on any atom is -0.302 e. The lowest BCUT2D eigenvalue weighted by Gasteiger charge is -2.03. The third-order valence-electron chi connectivity index (χ3n) is 3.87. The Balaban J connectivity index is 1.55. The lowest BCUT2D eigenvalue weighted by molar-refractivity contribution is 0.102. The van der Waals surface area contributed by atoms with Gasteiger partial charge in [-0.2, -0.15) is 0 Å². The molecule has 0 radical (unpaired) electrons. The highest BCUT2D eigenvalue weighted by Gasteiger charge is 2.18. The zero-order chi connectivity index (χ0) is 17.9. The van der Waals surface area contributed by atoms with Crippen LogP contribution in [-0.4, -0.2) is 35.9 Å². The summed E-state index contributed by atoms with van der Waals surface area (Å²) in [6.45, 7) is 1.79. The Labute approximate surface area is 149 Å². The lowest BCUT2D eigenvalue weighted by Crippen LogP contribution is -2.14. The molecule has 0 aliphatic rings. The number of hydrogen-bond donors (Lipinski definition) is 1. The molecule has 0 saturated carbocycles. The van der Waals surface area contributed by atoms with E-state index in [0.29, 0.717) is 11.5 Å². The number of anilines is 1. The summed E-state index contributed by atoms with van der Waals surface area (Å²) in [6, 6.07) is 19.0. The van der Waals surface area contributed by atoms with Crippen LogP contribution in [0.5, 0.6) is 0 Å². The van der Waals surface area contributed by atoms with E-state index in [9.17, 15) is 4.79 Å². The van der Waals surface area contributed by atoms with E-state index >= 15 is 0 Å². The van der Waals surface area contributed by atoms with Crippen molar-refractivity contribution in [3.05, 3.63) is 78.2 Å². The summed E-state index contributed by atoms with van der Waals surface area (Å²) in [5, 5.41) is 18.8. The van der Waals surface area contributed by atoms with Gasteiger partial charge in [0, 0.05) is 0 Å². The average Bonchev–Trinajstić information content (AvgIpc) is 3.30. The van der Waals surface area contributed by atoms with E-state index in [1.807, 2.05) is 60.7 Å². The number of nitrogens with zero attached hydrogens (tertiary/aromatic N) is 6. The number of rotatable bonds is 4. The van der Waals surface area contributed by atoms with Crippen LogP contribution in [0.1, 0.15) is 16.2 Å². The zero-order valence-electron chi connectivity index (χ0n) is 13.9. The van der Waals surface area contributed by atoms with Crippen molar-refractivity contribution in [1.82, 2.24) is 30.0 Å². The Kier molecular flexibility index (Phi) is 3.98. The molecule has 128 valence electrons. The van der Waals surface area contributed by atoms with Gasteiger partial charge in [0.25, 0.3) is 5.91 Å². The Morgan fingerprint density at radius 3 is 2.23 bits per heavy atom. The van der Waals surface area contributed by atoms with Gasteiger partial charge in [-0.1, -0.05) is 46.8 Å². The average molecular weight is 345 g/mol. The van der Waals surface area contributed by atoms with Crippen molar-refractivity contribution in [2.75, 3.05) is 5.32 Å². The molecule has 4 aromatic rings. The second kappa shape index (κ2) is 6.60. The summed E-state index contributed by atoms with van der Waals surface area (Å²) >= 11 is 0. The predicted molar refractivity (Wildman–Crippen MR) is 95.4 cm³/mol. The van der Waals surface area contributed by atoms with E-state index < -0.39 is 0 Å². The first-order valence-electron chi connectivity index (χ1n) is 7.99. The van der Waals surface area contributed by atoms with Crippen LogP contribution in [0, 0.1) is 6.92 Å². The fourth-order valence-corrected chi connectivity index (χ4v) is 2.56. The van der Waals surface area contributed by atoms with Crippen LogP contribution in [0.25, 0.3) is 11.4 Å². The van der Waals surface area contributed by atoms with Gasteiger partial charge in [0.2, 0.25) is 0 Å². The second-order valence-corrected chi connectivity index (χ2v) is 5.61. The SMILES string of the molecule is Cc1c(C(=O)Nc2cn(-c3ccccc3)nn2)nnn1-c1ccccc1. The van der Waals surface area contributed by atoms with E-state index in [0.717, 1.165) is 11.4 Å². The molecule has 0 unspecified atom stereocenters. The molecule has 0 atom stereocenters. The molecule has 2 heterocycles. The van der Waals surface area contributed by atoms with Crippen molar-refractivity contribution in [2.24, 2.45) is 0 Å². The third kappa shape index (κ3) is 2.95. The van der Waals surface area contributed by atoms with Crippen LogP contribution in [0.15, 0.2) is 66.9 Å². The predicted octanol–water partition coefficient (Wildman–Crippen LogP) is 2.41. The molecule has 1 amide bonds. The van der Waals surface area contributed by atoms with Gasteiger partial charge in [-0.3, -0.25) is 4.79 Å². The van der Waals surface area contributed by atoms with Crippen molar-refractivity contribution in [2.45, 2.75) is 6.92 Å². The topological polar surface area (TPSA) is 90.5 Å². The van der Waals surface area contributed by atoms with Crippen LogP contribution < -0.4 is 5.32 Å². The van der Waals surface area contributed by atoms with E-state index in [1.54, 1.807) is 22.5 Å². The van der Waals surface area contributed by atoms with Crippen molar-refractivity contribution < 1.29 is 4.79 Å². The molecule has 1 N–H and O–H groups in total. The van der Waals surface area contributed by atoms with Crippen LogP contribution in [0.4, 0.5) is 5.82 Å². The molecule has 2 aromatic carbocycles. The minimum absolute atomic E-state index is 0.239. The number of amides is 1. The van der Waals surface area contributed by atoms with Gasteiger partial charge in [-0.25, -0.2) is 9.36 Å². The first-order chi connectivity index (χ1) is 12.7. The van der Waals surface area contributed by atoms with Gasteiger partial charge in [0.1, 0.15) is 0 Å². The van der Waals surface area contributed by atoms with Gasteiger partial charge in [-0.15, -0.1) is 10.2 Å². The van der Waals surface area contributed by atoms with Crippen molar-refractivity contribution >= 4 is 11.7 Å². The van der Waals surface area contributed by atoms with Gasteiger partial charge >= 0.3 is 0 Å². The first-order valence-corrected chi connectivity index (χ1v) is 7.99. The van der Waals surface area contributed by atoms with Gasteiger partial charge in [-0.05, 0) is 31.2 Å². The molecule has 0 saturated heterocycles. The largest absolute Gasteiger partial charge is 0.302 e. The quantitative estimate of drug-likeness (QED) is 0.613. The van der Waals surface area contributed by atoms with E-state index in [-0.39, 0.29) is 11.6 Å². The number of hydrogen-bond acceptors (Lipinski definition) is 5. The first kappa shape index (κ1) is 15.7. The highest BCUT2D eigenvalue weighted by atomic mass is 16.2. The van der Waals surface area contributed by atoms with Crippen molar-refractivity contribution in [3.63, 3.8) is 0 Å². The number of carbonyl (C=O) groups is 1. The number of benzene rings is 2. The Bertz CT molecular complexity index is 1040. The summed E-state index contributed by atoms with van der Waals surface area (Å²) in [6.07, 6.45) is 1.64. The monoisotopic (exact) mass is 345 g/mol. The lowest BCUT2D eigenvalue weighted by atomic mass is 10.3. The summed E-state index contributed by atoms with van der Waals surface area (Å²) in [4.78, 5) is 12.5. The van der Waals surface area contributed by atoms with E-state index in [2.05, 4.69) is 25.9 Å². The smallest absolute Gasteiger partial charge is 0.279 e. The fraction of sp³-hybridized carbons (Fsp3) is 0.0556. The summed E-state index contributed by atoms with van der Waals surface area (Å²) in [7, 11) is 0. The summed E-state index contributed by atoms with van der Waals surface area (Å²) in [5.41, 5.74) is 2.57. The third-order valence-corrected chi connectivity index (χ3v) is 3.87. The Morgan fingerprint density at radius 2 is 1.54 bits per heavy atom. The van der Waals surface area contributed by atoms with E-state index in [4.69, 9.17) is 0 Å². The molecule has 0 spiro atoms. The minimum atomic E-state index is -0.384. The number of aromatic nitrogens is 6. The highest BCUT2D eigenvalue weighted by molar-refractivity contribution is 6.02. The van der Waals surface area contributed by atoms with Crippen LogP contribution >= 0.6 is 0 Å². The molecular formula is C18H15N7O. The molecule has 0 aliphatic carbocycles. The maximum atomic E-state index is 12.5. The molecule has 26 heavy (non-hydrogen) atoms. The molecule has 4 rings (SSSR count). The maximum Gasteiger partial charge on any atom is 0.279 e. The highest BCUT2D eigenvalue weighted by Crippen LogP contribution is 2.14. The van der Waals surface area contributed by atoms with Crippen LogP contribution in [0.3, 0.4) is 0 Å². The summed E-state index contributed by atoms with van der Waals surface area (Å²) < 4.78 is 3.21. The number of nitrogens with one attached hydrogen (secondary N) is 1. The molecule has 2 aromatic heterocycles. The fourth-order valence-electron chi connectivity index (χ4n) is 2.56. The van der Waals surface area contributed by atoms with E-state index in [1.165, 1.54) is 0 Å². The van der Waals surface area contributed by atoms with Crippen LogP contribution in [-0.2, 0) is 0 Å².